The van der Waals surface area contributed by atoms with Crippen LogP contribution >= 0.6 is 12.6 Å². The standard InChI is InChI=1S/C17H20N2OS/c1-2-13-7-3-4-11-19(13)17(20)14-9-8-12-6-5-10-18-15(12)16(14)21/h5-6,8-10,13,21H,2-4,7,11H2,1H3. The molecular weight excluding hydrogens is 280 g/mol. The normalized spacial score (nSPS) is 19.0. The number of nitrogens with zero attached hydrogens (tertiary/aromatic N) is 2. The van der Waals surface area contributed by atoms with Crippen molar-refractivity contribution in [2.45, 2.75) is 43.5 Å². The van der Waals surface area contributed by atoms with Crippen LogP contribution in [0.5, 0.6) is 0 Å². The van der Waals surface area contributed by atoms with Gasteiger partial charge >= 0.3 is 0 Å². The molecule has 1 fully saturated rings. The van der Waals surface area contributed by atoms with E-state index < -0.39 is 0 Å². The first-order chi connectivity index (χ1) is 10.2. The molecule has 1 aliphatic rings. The number of thiol groups is 1. The maximum atomic E-state index is 12.9. The van der Waals surface area contributed by atoms with Crippen molar-refractivity contribution in [3.8, 4) is 0 Å². The number of carbonyl (C=O) groups excluding carboxylic acids is 1. The minimum absolute atomic E-state index is 0.0964. The highest BCUT2D eigenvalue weighted by Gasteiger charge is 2.27. The topological polar surface area (TPSA) is 33.2 Å². The van der Waals surface area contributed by atoms with E-state index in [1.807, 2.05) is 29.2 Å². The van der Waals surface area contributed by atoms with Crippen LogP contribution in [-0.2, 0) is 0 Å². The molecule has 1 aromatic carbocycles. The Labute approximate surface area is 130 Å². The molecule has 0 radical (unpaired) electrons. The number of pyridine rings is 1. The molecule has 0 N–H and O–H groups in total. The number of benzene rings is 1. The van der Waals surface area contributed by atoms with E-state index in [1.165, 1.54) is 6.42 Å². The Morgan fingerprint density at radius 3 is 3.05 bits per heavy atom. The van der Waals surface area contributed by atoms with Gasteiger partial charge in [-0.3, -0.25) is 9.78 Å². The lowest BCUT2D eigenvalue weighted by atomic mass is 9.98. The van der Waals surface area contributed by atoms with Gasteiger partial charge < -0.3 is 4.90 Å². The second-order valence-corrected chi connectivity index (χ2v) is 6.04. The van der Waals surface area contributed by atoms with E-state index in [0.29, 0.717) is 16.5 Å². The molecule has 0 spiro atoms. The quantitative estimate of drug-likeness (QED) is 0.853. The number of hydrogen-bond acceptors (Lipinski definition) is 3. The van der Waals surface area contributed by atoms with Crippen molar-refractivity contribution in [3.63, 3.8) is 0 Å². The summed E-state index contributed by atoms with van der Waals surface area (Å²) in [6, 6.07) is 8.09. The summed E-state index contributed by atoms with van der Waals surface area (Å²) in [5, 5.41) is 1.02. The van der Waals surface area contributed by atoms with Crippen molar-refractivity contribution in [3.05, 3.63) is 36.0 Å². The summed E-state index contributed by atoms with van der Waals surface area (Å²) in [4.78, 5) is 20.0. The Morgan fingerprint density at radius 2 is 2.24 bits per heavy atom. The Hall–Kier alpha value is -1.55. The lowest BCUT2D eigenvalue weighted by Gasteiger charge is -2.35. The van der Waals surface area contributed by atoms with Crippen LogP contribution in [0.2, 0.25) is 0 Å². The third-order valence-electron chi connectivity index (χ3n) is 4.34. The average Bonchev–Trinajstić information content (AvgIpc) is 2.55. The van der Waals surface area contributed by atoms with Crippen LogP contribution in [0.4, 0.5) is 0 Å². The monoisotopic (exact) mass is 300 g/mol. The summed E-state index contributed by atoms with van der Waals surface area (Å²) in [6.07, 6.45) is 6.17. The van der Waals surface area contributed by atoms with Crippen LogP contribution in [0.15, 0.2) is 35.4 Å². The van der Waals surface area contributed by atoms with E-state index in [2.05, 4.69) is 24.5 Å². The van der Waals surface area contributed by atoms with E-state index in [0.717, 1.165) is 36.7 Å². The lowest BCUT2D eigenvalue weighted by molar-refractivity contribution is 0.0605. The largest absolute Gasteiger partial charge is 0.336 e. The van der Waals surface area contributed by atoms with E-state index in [9.17, 15) is 4.79 Å². The molecule has 1 unspecified atom stereocenters. The summed E-state index contributed by atoms with van der Waals surface area (Å²) in [6.45, 7) is 3.00. The molecular formula is C17H20N2OS. The van der Waals surface area contributed by atoms with Crippen molar-refractivity contribution in [1.29, 1.82) is 0 Å². The number of carbonyl (C=O) groups is 1. The van der Waals surface area contributed by atoms with E-state index in [1.54, 1.807) is 6.20 Å². The van der Waals surface area contributed by atoms with Gasteiger partial charge in [0.25, 0.3) is 5.91 Å². The lowest BCUT2D eigenvalue weighted by Crippen LogP contribution is -2.43. The Morgan fingerprint density at radius 1 is 1.38 bits per heavy atom. The predicted molar refractivity (Wildman–Crippen MR) is 88.0 cm³/mol. The Balaban J connectivity index is 1.99. The number of amides is 1. The summed E-state index contributed by atoms with van der Waals surface area (Å²) < 4.78 is 0. The number of hydrogen-bond donors (Lipinski definition) is 1. The highest BCUT2D eigenvalue weighted by molar-refractivity contribution is 7.80. The van der Waals surface area contributed by atoms with Crippen molar-refractivity contribution in [2.24, 2.45) is 0 Å². The van der Waals surface area contributed by atoms with E-state index in [-0.39, 0.29) is 5.91 Å². The van der Waals surface area contributed by atoms with E-state index >= 15 is 0 Å². The molecule has 1 amide bonds. The van der Waals surface area contributed by atoms with Crippen LogP contribution < -0.4 is 0 Å². The van der Waals surface area contributed by atoms with Gasteiger partial charge in [0, 0.05) is 29.1 Å². The van der Waals surface area contributed by atoms with Gasteiger partial charge in [-0.15, -0.1) is 12.6 Å². The first-order valence-corrected chi connectivity index (χ1v) is 8.04. The van der Waals surface area contributed by atoms with E-state index in [4.69, 9.17) is 0 Å². The molecule has 0 bridgehead atoms. The van der Waals surface area contributed by atoms with Crippen LogP contribution in [0.3, 0.4) is 0 Å². The maximum absolute atomic E-state index is 12.9. The number of fused-ring (bicyclic) bond motifs is 1. The number of piperidine rings is 1. The zero-order valence-electron chi connectivity index (χ0n) is 12.2. The number of likely N-dealkylation sites (tertiary alicyclic amines) is 1. The molecule has 1 aliphatic heterocycles. The van der Waals surface area contributed by atoms with Gasteiger partial charge in [-0.2, -0.15) is 0 Å². The first-order valence-electron chi connectivity index (χ1n) is 7.60. The molecule has 2 aromatic rings. The van der Waals surface area contributed by atoms with Crippen LogP contribution in [0.25, 0.3) is 10.9 Å². The third-order valence-corrected chi connectivity index (χ3v) is 4.79. The molecule has 110 valence electrons. The van der Waals surface area contributed by atoms with Gasteiger partial charge in [0.05, 0.1) is 11.1 Å². The van der Waals surface area contributed by atoms with Crippen molar-refractivity contribution in [2.75, 3.05) is 6.54 Å². The minimum Gasteiger partial charge on any atom is -0.336 e. The second kappa shape index (κ2) is 6.06. The van der Waals surface area contributed by atoms with Gasteiger partial charge in [0.2, 0.25) is 0 Å². The van der Waals surface area contributed by atoms with Gasteiger partial charge in [-0.05, 0) is 37.8 Å². The van der Waals surface area contributed by atoms with Crippen molar-refractivity contribution >= 4 is 29.4 Å². The molecule has 1 saturated heterocycles. The summed E-state index contributed by atoms with van der Waals surface area (Å²) in [5.41, 5.74) is 1.47. The van der Waals surface area contributed by atoms with Crippen LogP contribution in [-0.4, -0.2) is 28.4 Å². The Kier molecular flexibility index (Phi) is 4.15. The highest BCUT2D eigenvalue weighted by atomic mass is 32.1. The average molecular weight is 300 g/mol. The van der Waals surface area contributed by atoms with Crippen molar-refractivity contribution in [1.82, 2.24) is 9.88 Å². The number of rotatable bonds is 2. The molecule has 0 saturated carbocycles. The molecule has 3 rings (SSSR count). The summed E-state index contributed by atoms with van der Waals surface area (Å²) in [7, 11) is 0. The molecule has 1 atom stereocenters. The zero-order chi connectivity index (χ0) is 14.8. The van der Waals surface area contributed by atoms with Crippen LogP contribution in [0.1, 0.15) is 43.0 Å². The fourth-order valence-corrected chi connectivity index (χ4v) is 3.51. The Bertz CT molecular complexity index is 671. The van der Waals surface area contributed by atoms with Crippen molar-refractivity contribution < 1.29 is 4.79 Å². The smallest absolute Gasteiger partial charge is 0.255 e. The first kappa shape index (κ1) is 14.4. The molecule has 0 aliphatic carbocycles. The number of aromatic nitrogens is 1. The minimum atomic E-state index is 0.0964. The van der Waals surface area contributed by atoms with Gasteiger partial charge in [-0.1, -0.05) is 19.1 Å². The predicted octanol–water partition coefficient (Wildman–Crippen LogP) is 3.93. The second-order valence-electron chi connectivity index (χ2n) is 5.59. The molecule has 3 nitrogen and oxygen atoms in total. The van der Waals surface area contributed by atoms with Gasteiger partial charge in [0.1, 0.15) is 0 Å². The molecule has 21 heavy (non-hydrogen) atoms. The fraction of sp³-hybridized carbons (Fsp3) is 0.412. The zero-order valence-corrected chi connectivity index (χ0v) is 13.1. The third kappa shape index (κ3) is 2.64. The highest BCUT2D eigenvalue weighted by Crippen LogP contribution is 2.28. The van der Waals surface area contributed by atoms with Gasteiger partial charge in [-0.25, -0.2) is 0 Å². The molecule has 2 heterocycles. The van der Waals surface area contributed by atoms with Crippen LogP contribution in [0, 0.1) is 0 Å². The van der Waals surface area contributed by atoms with Gasteiger partial charge in [0.15, 0.2) is 0 Å². The summed E-state index contributed by atoms with van der Waals surface area (Å²) >= 11 is 4.57. The fourth-order valence-electron chi connectivity index (χ4n) is 3.15. The molecule has 1 aromatic heterocycles. The summed E-state index contributed by atoms with van der Waals surface area (Å²) in [5.74, 6) is 0.0964. The maximum Gasteiger partial charge on any atom is 0.255 e. The SMILES string of the molecule is CCC1CCCCN1C(=O)c1ccc2cccnc2c1S. The molecule has 4 heteroatoms.